The van der Waals surface area contributed by atoms with Gasteiger partial charge >= 0.3 is 0 Å². The molecule has 1 aromatic heterocycles. The van der Waals surface area contributed by atoms with Gasteiger partial charge in [-0.05, 0) is 67.9 Å². The molecule has 0 spiro atoms. The third kappa shape index (κ3) is 6.57. The summed E-state index contributed by atoms with van der Waals surface area (Å²) < 4.78 is 6.46. The van der Waals surface area contributed by atoms with Crippen molar-refractivity contribution in [1.82, 2.24) is 20.4 Å². The zero-order valence-corrected chi connectivity index (χ0v) is 20.6. The third-order valence-electron chi connectivity index (χ3n) is 5.29. The number of likely N-dealkylation sites (tertiary alicyclic amines) is 1. The molecule has 0 bridgehead atoms. The van der Waals surface area contributed by atoms with E-state index in [4.69, 9.17) is 16.1 Å². The average molecular weight is 536 g/mol. The van der Waals surface area contributed by atoms with Gasteiger partial charge in [0, 0.05) is 38.8 Å². The van der Waals surface area contributed by atoms with Crippen LogP contribution in [0.2, 0.25) is 5.02 Å². The van der Waals surface area contributed by atoms with Crippen LogP contribution < -0.4 is 5.32 Å². The van der Waals surface area contributed by atoms with E-state index in [0.717, 1.165) is 45.1 Å². The highest BCUT2D eigenvalue weighted by molar-refractivity contribution is 9.10. The predicted octanol–water partition coefficient (Wildman–Crippen LogP) is 5.27. The second kappa shape index (κ2) is 11.3. The number of hydrogen-bond donors (Lipinski definition) is 1. The summed E-state index contributed by atoms with van der Waals surface area (Å²) >= 11 is 11.0. The second-order valence-electron chi connectivity index (χ2n) is 7.69. The Labute approximate surface area is 205 Å². The number of nitrogens with zero attached hydrogens (tertiary/aromatic N) is 3. The molecule has 0 saturated carbocycles. The van der Waals surface area contributed by atoms with Crippen molar-refractivity contribution in [3.63, 3.8) is 0 Å². The van der Waals surface area contributed by atoms with Crippen LogP contribution in [0.4, 0.5) is 0 Å². The van der Waals surface area contributed by atoms with Crippen LogP contribution in [0.1, 0.15) is 18.7 Å². The molecule has 2 heterocycles. The Kier molecular flexibility index (Phi) is 8.24. The van der Waals surface area contributed by atoms with Gasteiger partial charge in [0.1, 0.15) is 0 Å². The van der Waals surface area contributed by atoms with Gasteiger partial charge in [0.05, 0.1) is 12.5 Å². The summed E-state index contributed by atoms with van der Waals surface area (Å²) in [5.41, 5.74) is 0.913. The molecule has 168 valence electrons. The number of halogens is 2. The van der Waals surface area contributed by atoms with Gasteiger partial charge in [-0.3, -0.25) is 9.69 Å². The maximum Gasteiger partial charge on any atom is 0.241 e. The minimum atomic E-state index is -0.0156. The number of rotatable bonds is 8. The summed E-state index contributed by atoms with van der Waals surface area (Å²) in [5.74, 6) is 2.08. The van der Waals surface area contributed by atoms with Crippen molar-refractivity contribution in [3.8, 4) is 11.4 Å². The van der Waals surface area contributed by atoms with Crippen LogP contribution in [0.15, 0.2) is 62.4 Å². The van der Waals surface area contributed by atoms with Crippen LogP contribution in [-0.4, -0.2) is 46.3 Å². The van der Waals surface area contributed by atoms with E-state index in [2.05, 4.69) is 36.3 Å². The number of amides is 1. The van der Waals surface area contributed by atoms with Crippen molar-refractivity contribution >= 4 is 45.2 Å². The van der Waals surface area contributed by atoms with Crippen LogP contribution in [0.3, 0.4) is 0 Å². The van der Waals surface area contributed by atoms with Gasteiger partial charge in [0.15, 0.2) is 0 Å². The highest BCUT2D eigenvalue weighted by Crippen LogP contribution is 2.22. The van der Waals surface area contributed by atoms with E-state index < -0.39 is 0 Å². The van der Waals surface area contributed by atoms with Gasteiger partial charge in [0.25, 0.3) is 0 Å². The van der Waals surface area contributed by atoms with Gasteiger partial charge in [-0.1, -0.05) is 32.7 Å². The van der Waals surface area contributed by atoms with E-state index >= 15 is 0 Å². The molecule has 0 aliphatic carbocycles. The summed E-state index contributed by atoms with van der Waals surface area (Å²) in [6, 6.07) is 15.5. The molecular formula is C23H24BrClN4O2S. The minimum Gasteiger partial charge on any atom is -0.355 e. The summed E-state index contributed by atoms with van der Waals surface area (Å²) in [7, 11) is 0. The van der Waals surface area contributed by atoms with Crippen molar-refractivity contribution < 1.29 is 9.32 Å². The van der Waals surface area contributed by atoms with Gasteiger partial charge in [-0.15, -0.1) is 11.8 Å². The molecule has 1 saturated heterocycles. The first-order valence-corrected chi connectivity index (χ1v) is 12.7. The fourth-order valence-electron chi connectivity index (χ4n) is 3.66. The largest absolute Gasteiger partial charge is 0.355 e. The maximum absolute atomic E-state index is 12.6. The molecule has 4 rings (SSSR count). The minimum absolute atomic E-state index is 0.0156. The lowest BCUT2D eigenvalue weighted by Gasteiger charge is -2.30. The fraction of sp³-hybridized carbons (Fsp3) is 0.348. The van der Waals surface area contributed by atoms with Crippen LogP contribution >= 0.6 is 39.3 Å². The molecule has 1 fully saturated rings. The number of carbonyl (C=O) groups excluding carboxylic acids is 1. The van der Waals surface area contributed by atoms with E-state index in [1.165, 1.54) is 0 Å². The first kappa shape index (κ1) is 23.3. The van der Waals surface area contributed by atoms with E-state index in [0.29, 0.717) is 31.3 Å². The Morgan fingerprint density at radius 2 is 2.00 bits per heavy atom. The van der Waals surface area contributed by atoms with Crippen LogP contribution in [0.25, 0.3) is 11.4 Å². The molecule has 6 nitrogen and oxygen atoms in total. The number of hydrogen-bond acceptors (Lipinski definition) is 6. The molecule has 1 atom stereocenters. The molecule has 1 N–H and O–H groups in total. The SMILES string of the molecule is O=C(NCCSc1ccc(Cl)cc1)C1CCCN(Cc2nc(-c3ccc(Br)cc3)no2)C1. The molecule has 32 heavy (non-hydrogen) atoms. The Morgan fingerprint density at radius 1 is 1.22 bits per heavy atom. The topological polar surface area (TPSA) is 71.3 Å². The Bertz CT molecular complexity index is 1030. The van der Waals surface area contributed by atoms with E-state index in [-0.39, 0.29) is 11.8 Å². The molecule has 9 heteroatoms. The third-order valence-corrected chi connectivity index (χ3v) is 7.08. The highest BCUT2D eigenvalue weighted by atomic mass is 79.9. The summed E-state index contributed by atoms with van der Waals surface area (Å²) in [4.78, 5) is 20.5. The Balaban J connectivity index is 1.23. The van der Waals surface area contributed by atoms with Crippen molar-refractivity contribution in [2.45, 2.75) is 24.3 Å². The Morgan fingerprint density at radius 3 is 2.78 bits per heavy atom. The zero-order valence-electron chi connectivity index (χ0n) is 17.5. The second-order valence-corrected chi connectivity index (χ2v) is 10.2. The number of piperidine rings is 1. The van der Waals surface area contributed by atoms with Crippen molar-refractivity contribution in [2.24, 2.45) is 5.92 Å². The van der Waals surface area contributed by atoms with Gasteiger partial charge < -0.3 is 9.84 Å². The van der Waals surface area contributed by atoms with Crippen molar-refractivity contribution in [2.75, 3.05) is 25.4 Å². The molecule has 1 aliphatic rings. The number of benzene rings is 2. The first-order chi connectivity index (χ1) is 15.6. The lowest BCUT2D eigenvalue weighted by Crippen LogP contribution is -2.43. The summed E-state index contributed by atoms with van der Waals surface area (Å²) in [6.45, 7) is 2.82. The molecule has 3 aromatic rings. The smallest absolute Gasteiger partial charge is 0.241 e. The standard InChI is InChI=1S/C23H24BrClN4O2S/c24-18-5-3-16(4-6-18)22-27-21(31-28-22)15-29-12-1-2-17(14-29)23(30)26-11-13-32-20-9-7-19(25)8-10-20/h3-10,17H,1-2,11-15H2,(H,26,30). The van der Waals surface area contributed by atoms with Crippen LogP contribution in [0, 0.1) is 5.92 Å². The molecule has 1 amide bonds. The molecule has 0 radical (unpaired) electrons. The van der Waals surface area contributed by atoms with E-state index in [1.54, 1.807) is 11.8 Å². The van der Waals surface area contributed by atoms with Crippen molar-refractivity contribution in [3.05, 3.63) is 63.9 Å². The fourth-order valence-corrected chi connectivity index (χ4v) is 4.82. The van der Waals surface area contributed by atoms with Crippen LogP contribution in [0.5, 0.6) is 0 Å². The predicted molar refractivity (Wildman–Crippen MR) is 131 cm³/mol. The quantitative estimate of drug-likeness (QED) is 0.313. The van der Waals surface area contributed by atoms with Crippen LogP contribution in [-0.2, 0) is 11.3 Å². The first-order valence-electron chi connectivity index (χ1n) is 10.5. The summed E-state index contributed by atoms with van der Waals surface area (Å²) in [5, 5.41) is 7.91. The normalized spacial score (nSPS) is 16.8. The lowest BCUT2D eigenvalue weighted by atomic mass is 9.97. The lowest BCUT2D eigenvalue weighted by molar-refractivity contribution is -0.126. The van der Waals surface area contributed by atoms with Gasteiger partial charge in [-0.2, -0.15) is 4.98 Å². The monoisotopic (exact) mass is 534 g/mol. The molecular weight excluding hydrogens is 512 g/mol. The van der Waals surface area contributed by atoms with Crippen molar-refractivity contribution in [1.29, 1.82) is 0 Å². The zero-order chi connectivity index (χ0) is 22.3. The number of aromatic nitrogens is 2. The maximum atomic E-state index is 12.6. The van der Waals surface area contributed by atoms with E-state index in [1.807, 2.05) is 48.5 Å². The number of carbonyl (C=O) groups is 1. The van der Waals surface area contributed by atoms with Gasteiger partial charge in [-0.25, -0.2) is 0 Å². The molecule has 2 aromatic carbocycles. The Hall–Kier alpha value is -1.87. The molecule has 1 unspecified atom stereocenters. The summed E-state index contributed by atoms with van der Waals surface area (Å²) in [6.07, 6.45) is 1.88. The van der Waals surface area contributed by atoms with E-state index in [9.17, 15) is 4.79 Å². The highest BCUT2D eigenvalue weighted by Gasteiger charge is 2.26. The average Bonchev–Trinajstić information content (AvgIpc) is 3.27. The number of thioether (sulfide) groups is 1. The number of nitrogens with one attached hydrogen (secondary N) is 1. The van der Waals surface area contributed by atoms with Gasteiger partial charge in [0.2, 0.25) is 17.6 Å². The molecule has 1 aliphatic heterocycles.